The van der Waals surface area contributed by atoms with Gasteiger partial charge in [-0.25, -0.2) is 13.1 Å². The van der Waals surface area contributed by atoms with Gasteiger partial charge in [0, 0.05) is 29.9 Å². The number of amides is 1. The van der Waals surface area contributed by atoms with Crippen LogP contribution in [0.25, 0.3) is 0 Å². The summed E-state index contributed by atoms with van der Waals surface area (Å²) in [5.41, 5.74) is 0.888. The lowest BCUT2D eigenvalue weighted by molar-refractivity contribution is -0.132. The van der Waals surface area contributed by atoms with Crippen molar-refractivity contribution in [3.05, 3.63) is 89.5 Å². The van der Waals surface area contributed by atoms with E-state index in [1.165, 1.54) is 24.3 Å². The third-order valence-corrected chi connectivity index (χ3v) is 8.59. The van der Waals surface area contributed by atoms with E-state index >= 15 is 0 Å². The number of ether oxygens (including phenoxy) is 1. The summed E-state index contributed by atoms with van der Waals surface area (Å²) in [6.45, 7) is 16.7. The first-order valence-corrected chi connectivity index (χ1v) is 16.2. The zero-order valence-electron chi connectivity index (χ0n) is 25.8. The average Bonchev–Trinajstić information content (AvgIpc) is 3.21. The Labute approximate surface area is 251 Å². The highest BCUT2D eigenvalue weighted by molar-refractivity contribution is 7.89. The van der Waals surface area contributed by atoms with Gasteiger partial charge in [0.25, 0.3) is 5.91 Å². The summed E-state index contributed by atoms with van der Waals surface area (Å²) in [6.07, 6.45) is 0. The number of sulfonamides is 1. The first-order chi connectivity index (χ1) is 20.0. The molecule has 2 N–H and O–H groups in total. The number of morpholine rings is 1. The highest BCUT2D eigenvalue weighted by Gasteiger charge is 2.51. The molecule has 3 aromatic carbocycles. The van der Waals surface area contributed by atoms with Crippen molar-refractivity contribution in [2.75, 3.05) is 36.1 Å². The number of aliphatic hydroxyl groups is 1. The fourth-order valence-corrected chi connectivity index (χ4v) is 6.44. The van der Waals surface area contributed by atoms with E-state index in [1.54, 1.807) is 37.8 Å². The van der Waals surface area contributed by atoms with Gasteiger partial charge >= 0.3 is 0 Å². The van der Waals surface area contributed by atoms with Crippen LogP contribution < -0.4 is 14.5 Å². The number of anilines is 2. The fourth-order valence-electron chi connectivity index (χ4n) is 5.02. The summed E-state index contributed by atoms with van der Waals surface area (Å²) in [5.74, 6) is -0.473. The van der Waals surface area contributed by atoms with Crippen molar-refractivity contribution in [1.82, 2.24) is 4.72 Å². The Kier molecular flexibility index (Phi) is 10.9. The Bertz CT molecular complexity index is 1430. The second kappa shape index (κ2) is 13.8. The van der Waals surface area contributed by atoms with Gasteiger partial charge in [-0.1, -0.05) is 70.2 Å². The molecule has 1 saturated heterocycles. The molecule has 228 valence electrons. The topological polar surface area (TPSA) is 99.2 Å². The van der Waals surface area contributed by atoms with Crippen molar-refractivity contribution < 1.29 is 23.1 Å². The van der Waals surface area contributed by atoms with Crippen molar-refractivity contribution >= 4 is 27.3 Å². The molecule has 1 fully saturated rings. The van der Waals surface area contributed by atoms with E-state index in [-0.39, 0.29) is 4.90 Å². The van der Waals surface area contributed by atoms with Crippen LogP contribution in [-0.2, 0) is 31.7 Å². The number of para-hydroxylation sites is 1. The maximum Gasteiger partial charge on any atom is 0.268 e. The van der Waals surface area contributed by atoms with E-state index in [9.17, 15) is 18.3 Å². The second-order valence-corrected chi connectivity index (χ2v) is 12.4. The molecule has 0 radical (unpaired) electrons. The Morgan fingerprint density at radius 2 is 1.45 bits per heavy atom. The fraction of sp³-hybridized carbons (Fsp3) is 0.424. The largest absolute Gasteiger partial charge is 0.378 e. The third kappa shape index (κ3) is 7.03. The minimum absolute atomic E-state index is 0.0655. The quantitative estimate of drug-likeness (QED) is 0.394. The SMILES string of the molecule is CC.CC.CC(C)(C)NS(=O)(=O)c1ccc(C2(O)C(=O)N(Cc3ccc(N4CCOCC4)cc3)c3ccccc32)cc1. The highest BCUT2D eigenvalue weighted by Crippen LogP contribution is 2.45. The molecule has 1 amide bonds. The number of carbonyl (C=O) groups is 1. The van der Waals surface area contributed by atoms with E-state index in [0.717, 1.165) is 24.3 Å². The number of nitrogens with zero attached hydrogens (tertiary/aromatic N) is 2. The summed E-state index contributed by atoms with van der Waals surface area (Å²) in [4.78, 5) is 17.7. The monoisotopic (exact) mass is 595 g/mol. The average molecular weight is 596 g/mol. The molecule has 1 atom stereocenters. The van der Waals surface area contributed by atoms with Crippen molar-refractivity contribution in [1.29, 1.82) is 0 Å². The van der Waals surface area contributed by atoms with Crippen LogP contribution in [0.3, 0.4) is 0 Å². The number of benzene rings is 3. The number of hydrogen-bond acceptors (Lipinski definition) is 6. The molecule has 0 spiro atoms. The number of nitrogens with one attached hydrogen (secondary N) is 1. The highest BCUT2D eigenvalue weighted by atomic mass is 32.2. The molecule has 5 rings (SSSR count). The number of fused-ring (bicyclic) bond motifs is 1. The van der Waals surface area contributed by atoms with Crippen LogP contribution in [0.1, 0.15) is 65.2 Å². The van der Waals surface area contributed by atoms with Crippen LogP contribution in [0.4, 0.5) is 11.4 Å². The van der Waals surface area contributed by atoms with Gasteiger partial charge in [-0.05, 0) is 62.2 Å². The van der Waals surface area contributed by atoms with Crippen molar-refractivity contribution in [2.24, 2.45) is 0 Å². The Morgan fingerprint density at radius 3 is 2.02 bits per heavy atom. The predicted octanol–water partition coefficient (Wildman–Crippen LogP) is 5.44. The summed E-state index contributed by atoms with van der Waals surface area (Å²) in [6, 6.07) is 21.1. The number of carbonyl (C=O) groups excluding carboxylic acids is 1. The van der Waals surface area contributed by atoms with Crippen molar-refractivity contribution in [3.63, 3.8) is 0 Å². The van der Waals surface area contributed by atoms with Crippen molar-refractivity contribution in [2.45, 2.75) is 71.0 Å². The van der Waals surface area contributed by atoms with Gasteiger partial charge in [0.1, 0.15) is 0 Å². The lowest BCUT2D eigenvalue weighted by Gasteiger charge is -2.29. The van der Waals surface area contributed by atoms with E-state index in [4.69, 9.17) is 4.74 Å². The van der Waals surface area contributed by atoms with E-state index in [2.05, 4.69) is 9.62 Å². The van der Waals surface area contributed by atoms with Crippen molar-refractivity contribution in [3.8, 4) is 0 Å². The van der Waals surface area contributed by atoms with Crippen LogP contribution in [0.5, 0.6) is 0 Å². The molecule has 8 nitrogen and oxygen atoms in total. The van der Waals surface area contributed by atoms with Gasteiger partial charge in [-0.15, -0.1) is 0 Å². The minimum atomic E-state index is -3.75. The predicted molar refractivity (Wildman–Crippen MR) is 169 cm³/mol. The zero-order valence-corrected chi connectivity index (χ0v) is 26.7. The van der Waals surface area contributed by atoms with E-state index in [0.29, 0.717) is 36.6 Å². The second-order valence-electron chi connectivity index (χ2n) is 10.8. The van der Waals surface area contributed by atoms with Gasteiger partial charge in [0.05, 0.1) is 30.3 Å². The van der Waals surface area contributed by atoms with E-state index < -0.39 is 27.1 Å². The Morgan fingerprint density at radius 1 is 0.881 bits per heavy atom. The number of rotatable bonds is 6. The van der Waals surface area contributed by atoms with Gasteiger partial charge in [0.15, 0.2) is 5.60 Å². The lowest BCUT2D eigenvalue weighted by atomic mass is 9.87. The third-order valence-electron chi connectivity index (χ3n) is 6.82. The molecule has 0 saturated carbocycles. The van der Waals surface area contributed by atoms with Gasteiger partial charge in [-0.3, -0.25) is 4.79 Å². The number of hydrogen-bond donors (Lipinski definition) is 2. The Balaban J connectivity index is 0.00000116. The molecular weight excluding hydrogens is 550 g/mol. The molecule has 2 heterocycles. The maximum absolute atomic E-state index is 13.8. The van der Waals surface area contributed by atoms with Crippen LogP contribution >= 0.6 is 0 Å². The minimum Gasteiger partial charge on any atom is -0.378 e. The molecular formula is C33H45N3O5S. The van der Waals surface area contributed by atoms with Crippen LogP contribution in [0, 0.1) is 0 Å². The van der Waals surface area contributed by atoms with Crippen LogP contribution in [0.15, 0.2) is 77.7 Å². The van der Waals surface area contributed by atoms with Gasteiger partial charge in [0.2, 0.25) is 10.0 Å². The van der Waals surface area contributed by atoms with Gasteiger partial charge in [-0.2, -0.15) is 0 Å². The molecule has 2 aliphatic rings. The molecule has 3 aromatic rings. The molecule has 0 aromatic heterocycles. The molecule has 2 aliphatic heterocycles. The summed E-state index contributed by atoms with van der Waals surface area (Å²) in [5, 5.41) is 11.9. The summed E-state index contributed by atoms with van der Waals surface area (Å²) < 4.78 is 33.5. The van der Waals surface area contributed by atoms with E-state index in [1.807, 2.05) is 64.1 Å². The zero-order chi connectivity index (χ0) is 31.1. The van der Waals surface area contributed by atoms with Crippen LogP contribution in [0.2, 0.25) is 0 Å². The Hall–Kier alpha value is -3.24. The van der Waals surface area contributed by atoms with Crippen LogP contribution in [-0.4, -0.2) is 51.3 Å². The first kappa shape index (κ1) is 33.3. The lowest BCUT2D eigenvalue weighted by Crippen LogP contribution is -2.41. The summed E-state index contributed by atoms with van der Waals surface area (Å²) in [7, 11) is -3.75. The standard InChI is InChI=1S/C29H33N3O5S.2C2H6/c1-28(2,3)30-38(35,36)24-14-10-22(11-15-24)29(34)25-6-4-5-7-26(25)32(27(29)33)20-21-8-12-23(13-9-21)31-16-18-37-19-17-31;2*1-2/h4-15,30,34H,16-20H2,1-3H3;2*1-2H3. The molecule has 42 heavy (non-hydrogen) atoms. The maximum atomic E-state index is 13.8. The molecule has 1 unspecified atom stereocenters. The smallest absolute Gasteiger partial charge is 0.268 e. The first-order valence-electron chi connectivity index (χ1n) is 14.7. The molecule has 9 heteroatoms. The summed E-state index contributed by atoms with van der Waals surface area (Å²) >= 11 is 0. The van der Waals surface area contributed by atoms with Gasteiger partial charge < -0.3 is 19.6 Å². The normalized spacial score (nSPS) is 18.4. The molecule has 0 bridgehead atoms. The molecule has 0 aliphatic carbocycles.